The Bertz CT molecular complexity index is 525. The van der Waals surface area contributed by atoms with E-state index in [0.717, 1.165) is 24.3 Å². The van der Waals surface area contributed by atoms with Crippen molar-refractivity contribution in [3.8, 4) is 6.07 Å². The molecule has 4 heteroatoms. The third kappa shape index (κ3) is 2.52. The fourth-order valence-electron chi connectivity index (χ4n) is 2.82. The minimum atomic E-state index is 0.340. The molecule has 0 spiro atoms. The number of anilines is 1. The van der Waals surface area contributed by atoms with Crippen LogP contribution in [0.3, 0.4) is 0 Å². The highest BCUT2D eigenvalue weighted by Gasteiger charge is 2.33. The molecule has 2 rings (SSSR count). The molecule has 19 heavy (non-hydrogen) atoms. The van der Waals surface area contributed by atoms with E-state index >= 15 is 0 Å². The highest BCUT2D eigenvalue weighted by Crippen LogP contribution is 2.45. The van der Waals surface area contributed by atoms with Gasteiger partial charge in [-0.2, -0.15) is 5.26 Å². The van der Waals surface area contributed by atoms with Gasteiger partial charge in [-0.15, -0.1) is 11.3 Å². The van der Waals surface area contributed by atoms with Crippen molar-refractivity contribution in [1.29, 1.82) is 5.26 Å². The fourth-order valence-corrected chi connectivity index (χ4v) is 4.05. The molecule has 0 aromatic carbocycles. The van der Waals surface area contributed by atoms with Gasteiger partial charge in [-0.1, -0.05) is 27.2 Å². The molecule has 0 bridgehead atoms. The Kier molecular flexibility index (Phi) is 3.96. The molecule has 1 aliphatic carbocycles. The van der Waals surface area contributed by atoms with Gasteiger partial charge in [0, 0.05) is 4.88 Å². The van der Waals surface area contributed by atoms with Crippen LogP contribution in [0.25, 0.3) is 0 Å². The maximum Gasteiger partial charge on any atom is 0.212 e. The van der Waals surface area contributed by atoms with E-state index in [1.54, 1.807) is 11.3 Å². The maximum absolute atomic E-state index is 10.6. The summed E-state index contributed by atoms with van der Waals surface area (Å²) in [7, 11) is 0. The minimum absolute atomic E-state index is 0.340. The Morgan fingerprint density at radius 2 is 2.32 bits per heavy atom. The van der Waals surface area contributed by atoms with E-state index in [9.17, 15) is 10.1 Å². The molecule has 0 saturated carbocycles. The molecular weight excluding hydrogens is 256 g/mol. The molecular formula is C15H20N2OS. The van der Waals surface area contributed by atoms with Crippen molar-refractivity contribution < 1.29 is 4.79 Å². The largest absolute Gasteiger partial charge is 0.319 e. The van der Waals surface area contributed by atoms with E-state index in [2.05, 4.69) is 32.2 Å². The Labute approximate surface area is 118 Å². The van der Waals surface area contributed by atoms with Crippen LogP contribution in [0.1, 0.15) is 49.6 Å². The highest BCUT2D eigenvalue weighted by atomic mass is 32.1. The van der Waals surface area contributed by atoms with Gasteiger partial charge in [-0.25, -0.2) is 0 Å². The van der Waals surface area contributed by atoms with Crippen LogP contribution < -0.4 is 5.32 Å². The number of hydrogen-bond donors (Lipinski definition) is 1. The number of fused-ring (bicyclic) bond motifs is 1. The summed E-state index contributed by atoms with van der Waals surface area (Å²) in [5.74, 6) is 0.666. The maximum atomic E-state index is 10.6. The summed E-state index contributed by atoms with van der Waals surface area (Å²) < 4.78 is 0. The van der Waals surface area contributed by atoms with Gasteiger partial charge in [0.15, 0.2) is 0 Å². The van der Waals surface area contributed by atoms with E-state index in [4.69, 9.17) is 0 Å². The first kappa shape index (κ1) is 14.1. The molecule has 1 atom stereocenters. The van der Waals surface area contributed by atoms with E-state index < -0.39 is 0 Å². The van der Waals surface area contributed by atoms with E-state index in [-0.39, 0.29) is 0 Å². The van der Waals surface area contributed by atoms with Crippen LogP contribution >= 0.6 is 11.3 Å². The first-order valence-electron chi connectivity index (χ1n) is 6.78. The predicted molar refractivity (Wildman–Crippen MR) is 78.3 cm³/mol. The van der Waals surface area contributed by atoms with Crippen molar-refractivity contribution in [3.63, 3.8) is 0 Å². The number of hydrogen-bond acceptors (Lipinski definition) is 3. The number of nitrogens with one attached hydrogen (secondary N) is 1. The second-order valence-corrected chi connectivity index (χ2v) is 6.97. The minimum Gasteiger partial charge on any atom is -0.319 e. The van der Waals surface area contributed by atoms with Gasteiger partial charge in [0.05, 0.1) is 5.56 Å². The summed E-state index contributed by atoms with van der Waals surface area (Å²) in [6.07, 6.45) is 4.97. The molecule has 1 aromatic heterocycles. The lowest BCUT2D eigenvalue weighted by atomic mass is 9.69. The average molecular weight is 276 g/mol. The molecule has 0 radical (unpaired) electrons. The van der Waals surface area contributed by atoms with Crippen molar-refractivity contribution in [2.24, 2.45) is 11.3 Å². The highest BCUT2D eigenvalue weighted by molar-refractivity contribution is 7.16. The fraction of sp³-hybridized carbons (Fsp3) is 0.600. The van der Waals surface area contributed by atoms with Gasteiger partial charge < -0.3 is 5.32 Å². The van der Waals surface area contributed by atoms with E-state index in [1.807, 2.05) is 0 Å². The average Bonchev–Trinajstić information content (AvgIpc) is 2.75. The SMILES string of the molecule is CCC(C)(C)C1CCc2c(sc(NC=O)c2C#N)C1. The third-order valence-corrected chi connectivity index (χ3v) is 5.77. The molecule has 0 fully saturated rings. The van der Waals surface area contributed by atoms with Crippen LogP contribution in [0.4, 0.5) is 5.00 Å². The number of carbonyl (C=O) groups is 1. The topological polar surface area (TPSA) is 52.9 Å². The zero-order chi connectivity index (χ0) is 14.0. The lowest BCUT2D eigenvalue weighted by Gasteiger charge is -2.36. The van der Waals surface area contributed by atoms with Crippen molar-refractivity contribution in [2.45, 2.75) is 46.5 Å². The van der Waals surface area contributed by atoms with Crippen LogP contribution in [0, 0.1) is 22.7 Å². The predicted octanol–water partition coefficient (Wildman–Crippen LogP) is 3.73. The summed E-state index contributed by atoms with van der Waals surface area (Å²) in [5.41, 5.74) is 2.19. The summed E-state index contributed by atoms with van der Waals surface area (Å²) in [6.45, 7) is 6.89. The van der Waals surface area contributed by atoms with Crippen molar-refractivity contribution >= 4 is 22.7 Å². The number of rotatable bonds is 4. The number of nitrogens with zero attached hydrogens (tertiary/aromatic N) is 1. The monoisotopic (exact) mass is 276 g/mol. The first-order valence-corrected chi connectivity index (χ1v) is 7.60. The molecule has 0 saturated heterocycles. The number of amides is 1. The van der Waals surface area contributed by atoms with Gasteiger partial charge in [-0.3, -0.25) is 4.79 Å². The molecule has 1 aromatic rings. The van der Waals surface area contributed by atoms with Gasteiger partial charge in [0.1, 0.15) is 11.1 Å². The molecule has 1 aliphatic rings. The van der Waals surface area contributed by atoms with Gasteiger partial charge in [-0.05, 0) is 36.2 Å². The molecule has 1 unspecified atom stereocenters. The summed E-state index contributed by atoms with van der Waals surface area (Å²) in [5, 5.41) is 12.6. The molecule has 1 amide bonds. The number of nitriles is 1. The van der Waals surface area contributed by atoms with Crippen LogP contribution in [0.5, 0.6) is 0 Å². The molecule has 3 nitrogen and oxygen atoms in total. The zero-order valence-corrected chi connectivity index (χ0v) is 12.6. The molecule has 102 valence electrons. The van der Waals surface area contributed by atoms with Gasteiger partial charge >= 0.3 is 0 Å². The molecule has 1 heterocycles. The van der Waals surface area contributed by atoms with Crippen LogP contribution in [0.2, 0.25) is 0 Å². The second-order valence-electron chi connectivity index (χ2n) is 5.86. The van der Waals surface area contributed by atoms with Crippen molar-refractivity contribution in [1.82, 2.24) is 0 Å². The Morgan fingerprint density at radius 1 is 1.58 bits per heavy atom. The van der Waals surface area contributed by atoms with Crippen LogP contribution in [-0.4, -0.2) is 6.41 Å². The standard InChI is InChI=1S/C15H20N2OS/c1-4-15(2,3)10-5-6-11-12(8-16)14(17-9-18)19-13(11)7-10/h9-10H,4-7H2,1-3H3,(H,17,18). The first-order chi connectivity index (χ1) is 9.03. The quantitative estimate of drug-likeness (QED) is 0.852. The number of carbonyl (C=O) groups excluding carboxylic acids is 1. The Balaban J connectivity index is 2.32. The Hall–Kier alpha value is -1.34. The van der Waals surface area contributed by atoms with E-state index in [1.165, 1.54) is 16.9 Å². The van der Waals surface area contributed by atoms with Crippen molar-refractivity contribution in [2.75, 3.05) is 5.32 Å². The van der Waals surface area contributed by atoms with E-state index in [0.29, 0.717) is 23.3 Å². The van der Waals surface area contributed by atoms with Crippen LogP contribution in [0.15, 0.2) is 0 Å². The molecule has 1 N–H and O–H groups in total. The number of thiophene rings is 1. The lowest BCUT2D eigenvalue weighted by molar-refractivity contribution is -0.105. The summed E-state index contributed by atoms with van der Waals surface area (Å²) >= 11 is 1.58. The van der Waals surface area contributed by atoms with Crippen LogP contribution in [-0.2, 0) is 17.6 Å². The second kappa shape index (κ2) is 5.34. The molecule has 0 aliphatic heterocycles. The third-order valence-electron chi connectivity index (χ3n) is 4.58. The Morgan fingerprint density at radius 3 is 2.89 bits per heavy atom. The van der Waals surface area contributed by atoms with Gasteiger partial charge in [0.25, 0.3) is 0 Å². The van der Waals surface area contributed by atoms with Gasteiger partial charge in [0.2, 0.25) is 6.41 Å². The lowest BCUT2D eigenvalue weighted by Crippen LogP contribution is -2.28. The zero-order valence-electron chi connectivity index (χ0n) is 11.7. The summed E-state index contributed by atoms with van der Waals surface area (Å²) in [4.78, 5) is 11.9. The van der Waals surface area contributed by atoms with Crippen molar-refractivity contribution in [3.05, 3.63) is 16.0 Å². The smallest absolute Gasteiger partial charge is 0.212 e. The normalized spacial score (nSPS) is 18.5. The summed E-state index contributed by atoms with van der Waals surface area (Å²) in [6, 6.07) is 2.25.